The lowest BCUT2D eigenvalue weighted by atomic mass is 9.94. The van der Waals surface area contributed by atoms with Crippen LogP contribution in [0.2, 0.25) is 0 Å². The Hall–Kier alpha value is -0.970. The van der Waals surface area contributed by atoms with Gasteiger partial charge in [0.25, 0.3) is 0 Å². The van der Waals surface area contributed by atoms with Crippen LogP contribution in [0.25, 0.3) is 0 Å². The maximum atomic E-state index is 13.2. The zero-order chi connectivity index (χ0) is 14.7. The number of piperazine rings is 1. The minimum Gasteiger partial charge on any atom is -0.326 e. The molecule has 0 radical (unpaired) electrons. The second-order valence-electron chi connectivity index (χ2n) is 5.92. The molecule has 0 spiro atoms. The molecule has 0 aromatic heterocycles. The van der Waals surface area contributed by atoms with E-state index in [4.69, 9.17) is 5.73 Å². The minimum atomic E-state index is -0.191. The molecule has 1 aliphatic heterocycles. The molecule has 0 amide bonds. The summed E-state index contributed by atoms with van der Waals surface area (Å²) in [5, 5.41) is 0. The summed E-state index contributed by atoms with van der Waals surface area (Å²) in [6.07, 6.45) is 0.918. The molecule has 3 nitrogen and oxygen atoms in total. The predicted octanol–water partition coefficient (Wildman–Crippen LogP) is 2.24. The summed E-state index contributed by atoms with van der Waals surface area (Å²) in [7, 11) is 2.15. The highest BCUT2D eigenvalue weighted by atomic mass is 19.1. The zero-order valence-electron chi connectivity index (χ0n) is 12.7. The summed E-state index contributed by atoms with van der Waals surface area (Å²) in [6.45, 7) is 7.47. The van der Waals surface area contributed by atoms with Crippen LogP contribution in [0.1, 0.15) is 31.9 Å². The van der Waals surface area contributed by atoms with Gasteiger partial charge in [0.05, 0.1) is 6.04 Å². The molecule has 1 aliphatic rings. The Labute approximate surface area is 121 Å². The molecule has 1 aromatic carbocycles. The predicted molar refractivity (Wildman–Crippen MR) is 81.1 cm³/mol. The van der Waals surface area contributed by atoms with E-state index < -0.39 is 0 Å². The normalized spacial score (nSPS) is 24.6. The van der Waals surface area contributed by atoms with Crippen LogP contribution in [-0.4, -0.2) is 48.6 Å². The first-order chi connectivity index (χ1) is 9.52. The van der Waals surface area contributed by atoms with Crippen LogP contribution in [0.15, 0.2) is 24.3 Å². The largest absolute Gasteiger partial charge is 0.326 e. The summed E-state index contributed by atoms with van der Waals surface area (Å²) in [4.78, 5) is 4.82. The molecule has 3 unspecified atom stereocenters. The van der Waals surface area contributed by atoms with E-state index >= 15 is 0 Å². The molecule has 1 heterocycles. The lowest BCUT2D eigenvalue weighted by Crippen LogP contribution is -2.54. The Morgan fingerprint density at radius 3 is 2.50 bits per heavy atom. The van der Waals surface area contributed by atoms with Crippen molar-refractivity contribution < 1.29 is 4.39 Å². The lowest BCUT2D eigenvalue weighted by molar-refractivity contribution is 0.0492. The van der Waals surface area contributed by atoms with Gasteiger partial charge in [-0.3, -0.25) is 4.90 Å². The quantitative estimate of drug-likeness (QED) is 0.917. The molecule has 0 aliphatic carbocycles. The SMILES string of the molecule is CCC(N)C(c1ccc(F)cc1)N1CCN(C)CC1C. The molecule has 2 rings (SSSR count). The highest BCUT2D eigenvalue weighted by Crippen LogP contribution is 2.28. The van der Waals surface area contributed by atoms with Crippen molar-refractivity contribution in [1.82, 2.24) is 9.80 Å². The van der Waals surface area contributed by atoms with Gasteiger partial charge in [0, 0.05) is 31.7 Å². The third-order valence-electron chi connectivity index (χ3n) is 4.33. The van der Waals surface area contributed by atoms with Crippen LogP contribution in [0.5, 0.6) is 0 Å². The third kappa shape index (κ3) is 3.37. The van der Waals surface area contributed by atoms with Gasteiger partial charge in [-0.25, -0.2) is 4.39 Å². The molecule has 1 fully saturated rings. The van der Waals surface area contributed by atoms with Gasteiger partial charge in [0.2, 0.25) is 0 Å². The smallest absolute Gasteiger partial charge is 0.123 e. The number of halogens is 1. The fraction of sp³-hybridized carbons (Fsp3) is 0.625. The van der Waals surface area contributed by atoms with Crippen molar-refractivity contribution in [2.24, 2.45) is 5.73 Å². The van der Waals surface area contributed by atoms with E-state index in [1.54, 1.807) is 0 Å². The van der Waals surface area contributed by atoms with Gasteiger partial charge in [-0.1, -0.05) is 19.1 Å². The zero-order valence-corrected chi connectivity index (χ0v) is 12.7. The molecule has 20 heavy (non-hydrogen) atoms. The standard InChI is InChI=1S/C16H26FN3/c1-4-15(18)16(13-5-7-14(17)8-6-13)20-10-9-19(3)11-12(20)2/h5-8,12,15-16H,4,9-11,18H2,1-3H3. The van der Waals surface area contributed by atoms with E-state index in [0.717, 1.165) is 31.6 Å². The highest BCUT2D eigenvalue weighted by molar-refractivity contribution is 5.22. The molecule has 0 saturated carbocycles. The summed E-state index contributed by atoms with van der Waals surface area (Å²) >= 11 is 0. The molecular formula is C16H26FN3. The number of hydrogen-bond donors (Lipinski definition) is 1. The maximum Gasteiger partial charge on any atom is 0.123 e. The summed E-state index contributed by atoms with van der Waals surface area (Å²) < 4.78 is 13.2. The number of rotatable bonds is 4. The maximum absolute atomic E-state index is 13.2. The van der Waals surface area contributed by atoms with Gasteiger partial charge in [0.1, 0.15) is 5.82 Å². The monoisotopic (exact) mass is 279 g/mol. The van der Waals surface area contributed by atoms with Crippen molar-refractivity contribution in [3.8, 4) is 0 Å². The Morgan fingerprint density at radius 1 is 1.30 bits per heavy atom. The molecular weight excluding hydrogens is 253 g/mol. The summed E-state index contributed by atoms with van der Waals surface area (Å²) in [6, 6.07) is 7.52. The van der Waals surface area contributed by atoms with Gasteiger partial charge in [0.15, 0.2) is 0 Å². The first-order valence-electron chi connectivity index (χ1n) is 7.48. The van der Waals surface area contributed by atoms with Crippen LogP contribution < -0.4 is 5.73 Å². The number of nitrogens with zero attached hydrogens (tertiary/aromatic N) is 2. The first-order valence-corrected chi connectivity index (χ1v) is 7.48. The van der Waals surface area contributed by atoms with Crippen LogP contribution >= 0.6 is 0 Å². The van der Waals surface area contributed by atoms with Crippen LogP contribution in [0.3, 0.4) is 0 Å². The van der Waals surface area contributed by atoms with Crippen LogP contribution in [0.4, 0.5) is 4.39 Å². The number of hydrogen-bond acceptors (Lipinski definition) is 3. The number of nitrogens with two attached hydrogens (primary N) is 1. The van der Waals surface area contributed by atoms with E-state index in [2.05, 4.69) is 30.7 Å². The molecule has 3 atom stereocenters. The number of benzene rings is 1. The van der Waals surface area contributed by atoms with Gasteiger partial charge < -0.3 is 10.6 Å². The van der Waals surface area contributed by atoms with Gasteiger partial charge in [-0.2, -0.15) is 0 Å². The topological polar surface area (TPSA) is 32.5 Å². The van der Waals surface area contributed by atoms with Crippen molar-refractivity contribution in [2.45, 2.75) is 38.4 Å². The fourth-order valence-corrected chi connectivity index (χ4v) is 3.13. The number of likely N-dealkylation sites (N-methyl/N-ethyl adjacent to an activating group) is 1. The first kappa shape index (κ1) is 15.4. The highest BCUT2D eigenvalue weighted by Gasteiger charge is 2.32. The van der Waals surface area contributed by atoms with Crippen molar-refractivity contribution >= 4 is 0 Å². The third-order valence-corrected chi connectivity index (χ3v) is 4.33. The van der Waals surface area contributed by atoms with E-state index in [1.165, 1.54) is 12.1 Å². The van der Waals surface area contributed by atoms with Crippen LogP contribution in [-0.2, 0) is 0 Å². The second-order valence-corrected chi connectivity index (χ2v) is 5.92. The summed E-state index contributed by atoms with van der Waals surface area (Å²) in [5.74, 6) is -0.191. The van der Waals surface area contributed by atoms with Crippen LogP contribution in [0, 0.1) is 5.82 Å². The lowest BCUT2D eigenvalue weighted by Gasteiger charge is -2.45. The second kappa shape index (κ2) is 6.66. The average molecular weight is 279 g/mol. The van der Waals surface area contributed by atoms with Gasteiger partial charge >= 0.3 is 0 Å². The Kier molecular flexibility index (Phi) is 5.13. The Morgan fingerprint density at radius 2 is 1.95 bits per heavy atom. The molecule has 2 N–H and O–H groups in total. The fourth-order valence-electron chi connectivity index (χ4n) is 3.13. The molecule has 1 saturated heterocycles. The summed E-state index contributed by atoms with van der Waals surface area (Å²) in [5.41, 5.74) is 7.49. The molecule has 4 heteroatoms. The van der Waals surface area contributed by atoms with E-state index in [0.29, 0.717) is 6.04 Å². The Bertz CT molecular complexity index is 420. The van der Waals surface area contributed by atoms with E-state index in [1.807, 2.05) is 12.1 Å². The minimum absolute atomic E-state index is 0.0753. The van der Waals surface area contributed by atoms with Crippen molar-refractivity contribution in [2.75, 3.05) is 26.7 Å². The Balaban J connectivity index is 2.25. The molecule has 0 bridgehead atoms. The van der Waals surface area contributed by atoms with Crippen molar-refractivity contribution in [3.63, 3.8) is 0 Å². The van der Waals surface area contributed by atoms with Crippen molar-refractivity contribution in [3.05, 3.63) is 35.6 Å². The average Bonchev–Trinajstić information content (AvgIpc) is 2.43. The molecule has 1 aromatic rings. The van der Waals surface area contributed by atoms with E-state index in [9.17, 15) is 4.39 Å². The van der Waals surface area contributed by atoms with Crippen molar-refractivity contribution in [1.29, 1.82) is 0 Å². The van der Waals surface area contributed by atoms with E-state index in [-0.39, 0.29) is 17.9 Å². The molecule has 112 valence electrons. The van der Waals surface area contributed by atoms with Gasteiger partial charge in [-0.05, 0) is 38.1 Å². The van der Waals surface area contributed by atoms with Gasteiger partial charge in [-0.15, -0.1) is 0 Å².